The molecule has 0 radical (unpaired) electrons. The van der Waals surface area contributed by atoms with E-state index in [0.29, 0.717) is 54.8 Å². The van der Waals surface area contributed by atoms with Crippen molar-refractivity contribution in [2.75, 3.05) is 43.6 Å². The van der Waals surface area contributed by atoms with Gasteiger partial charge in [-0.3, -0.25) is 4.79 Å². The second-order valence-electron chi connectivity index (χ2n) is 8.87. The second-order valence-corrected chi connectivity index (χ2v) is 8.87. The van der Waals surface area contributed by atoms with E-state index in [1.165, 1.54) is 7.05 Å². The molecule has 2 aliphatic rings. The van der Waals surface area contributed by atoms with Crippen LogP contribution in [0.4, 0.5) is 17.3 Å². The Bertz CT molecular complexity index is 1340. The third-order valence-corrected chi connectivity index (χ3v) is 6.16. The minimum atomic E-state index is -0.379. The first-order valence-electron chi connectivity index (χ1n) is 12.1. The zero-order chi connectivity index (χ0) is 25.8. The van der Waals surface area contributed by atoms with Gasteiger partial charge in [-0.15, -0.1) is 0 Å². The van der Waals surface area contributed by atoms with Crippen LogP contribution in [0, 0.1) is 11.5 Å². The van der Waals surface area contributed by atoms with Gasteiger partial charge in [-0.05, 0) is 49.2 Å². The van der Waals surface area contributed by atoms with Crippen LogP contribution in [0.2, 0.25) is 0 Å². The number of carbonyl (C=O) groups excluding carboxylic acids is 2. The van der Waals surface area contributed by atoms with Gasteiger partial charge in [0.25, 0.3) is 5.91 Å². The zero-order valence-electron chi connectivity index (χ0n) is 20.4. The molecule has 188 valence electrons. The lowest BCUT2D eigenvalue weighted by Crippen LogP contribution is -2.37. The molecule has 0 atom stereocenters. The molecule has 1 N–H and O–H groups in total. The highest BCUT2D eigenvalue weighted by Gasteiger charge is 2.29. The van der Waals surface area contributed by atoms with Gasteiger partial charge in [0.2, 0.25) is 5.95 Å². The molecule has 37 heavy (non-hydrogen) atoms. The SMILES string of the molecule is CN(C#N)C(=O)c1ccc(-c2ccnc(Nc3ccc(N4CCOCC4)c(C(=O)OC4CC4)c3)n2)cc1. The quantitative estimate of drug-likeness (QED) is 0.296. The molecule has 2 heterocycles. The second kappa shape index (κ2) is 10.6. The van der Waals surface area contributed by atoms with E-state index < -0.39 is 0 Å². The fourth-order valence-corrected chi connectivity index (χ4v) is 3.99. The van der Waals surface area contributed by atoms with Crippen molar-refractivity contribution in [2.24, 2.45) is 0 Å². The fourth-order valence-electron chi connectivity index (χ4n) is 3.99. The van der Waals surface area contributed by atoms with Gasteiger partial charge in [-0.1, -0.05) is 12.1 Å². The first kappa shape index (κ1) is 24.2. The van der Waals surface area contributed by atoms with E-state index >= 15 is 0 Å². The van der Waals surface area contributed by atoms with Crippen molar-refractivity contribution in [3.05, 3.63) is 65.9 Å². The van der Waals surface area contributed by atoms with Gasteiger partial charge in [0.1, 0.15) is 6.10 Å². The van der Waals surface area contributed by atoms with Crippen LogP contribution in [0.5, 0.6) is 0 Å². The Kier molecular flexibility index (Phi) is 6.96. The van der Waals surface area contributed by atoms with E-state index in [1.54, 1.807) is 48.8 Å². The zero-order valence-corrected chi connectivity index (χ0v) is 20.4. The van der Waals surface area contributed by atoms with Crippen LogP contribution in [-0.4, -0.2) is 66.2 Å². The highest BCUT2D eigenvalue weighted by Crippen LogP contribution is 2.31. The normalized spacial score (nSPS) is 15.0. The number of rotatable bonds is 7. The molecule has 0 spiro atoms. The lowest BCUT2D eigenvalue weighted by atomic mass is 10.1. The minimum absolute atomic E-state index is 0.00338. The van der Waals surface area contributed by atoms with Crippen molar-refractivity contribution in [3.63, 3.8) is 0 Å². The Hall–Kier alpha value is -4.49. The molecule has 1 saturated carbocycles. The third-order valence-electron chi connectivity index (χ3n) is 6.16. The van der Waals surface area contributed by atoms with E-state index in [1.807, 2.05) is 12.1 Å². The number of nitriles is 1. The number of aromatic nitrogens is 2. The number of hydrogen-bond donors (Lipinski definition) is 1. The molecule has 1 aliphatic heterocycles. The number of anilines is 3. The molecule has 1 aromatic heterocycles. The van der Waals surface area contributed by atoms with E-state index in [2.05, 4.69) is 20.2 Å². The van der Waals surface area contributed by atoms with Crippen LogP contribution < -0.4 is 10.2 Å². The van der Waals surface area contributed by atoms with E-state index in [9.17, 15) is 9.59 Å². The Balaban J connectivity index is 1.37. The van der Waals surface area contributed by atoms with E-state index in [0.717, 1.165) is 29.0 Å². The molecule has 0 unspecified atom stereocenters. The van der Waals surface area contributed by atoms with Gasteiger partial charge in [0.05, 0.1) is 30.2 Å². The summed E-state index contributed by atoms with van der Waals surface area (Å²) in [6, 6.07) is 14.2. The Morgan fingerprint density at radius 2 is 1.89 bits per heavy atom. The average Bonchev–Trinajstić information content (AvgIpc) is 3.77. The minimum Gasteiger partial charge on any atom is -0.459 e. The number of hydrogen-bond acceptors (Lipinski definition) is 9. The monoisotopic (exact) mass is 498 g/mol. The predicted molar refractivity (Wildman–Crippen MR) is 136 cm³/mol. The highest BCUT2D eigenvalue weighted by molar-refractivity contribution is 5.97. The van der Waals surface area contributed by atoms with Crippen molar-refractivity contribution < 1.29 is 19.1 Å². The highest BCUT2D eigenvalue weighted by atomic mass is 16.5. The van der Waals surface area contributed by atoms with Crippen molar-refractivity contribution in [3.8, 4) is 17.5 Å². The topological polar surface area (TPSA) is 121 Å². The Morgan fingerprint density at radius 3 is 2.59 bits per heavy atom. The van der Waals surface area contributed by atoms with Gasteiger partial charge in [0, 0.05) is 43.1 Å². The number of morpholine rings is 1. The molecule has 1 aliphatic carbocycles. The van der Waals surface area contributed by atoms with Crippen molar-refractivity contribution in [1.29, 1.82) is 5.26 Å². The summed E-state index contributed by atoms with van der Waals surface area (Å²) in [5.41, 5.74) is 3.84. The fraction of sp³-hybridized carbons (Fsp3) is 0.296. The van der Waals surface area contributed by atoms with Crippen LogP contribution in [0.15, 0.2) is 54.7 Å². The maximum atomic E-state index is 13.0. The first-order chi connectivity index (χ1) is 18.0. The smallest absolute Gasteiger partial charge is 0.340 e. The van der Waals surface area contributed by atoms with Crippen molar-refractivity contribution >= 4 is 29.2 Å². The Morgan fingerprint density at radius 1 is 1.14 bits per heavy atom. The number of nitrogens with one attached hydrogen (secondary N) is 1. The van der Waals surface area contributed by atoms with Gasteiger partial charge in [0.15, 0.2) is 6.19 Å². The molecule has 1 saturated heterocycles. The van der Waals surface area contributed by atoms with Gasteiger partial charge >= 0.3 is 5.97 Å². The number of ether oxygens (including phenoxy) is 2. The average molecular weight is 499 g/mol. The number of carbonyl (C=O) groups is 2. The lowest BCUT2D eigenvalue weighted by molar-refractivity contribution is 0.0472. The van der Waals surface area contributed by atoms with Crippen molar-refractivity contribution in [1.82, 2.24) is 14.9 Å². The number of amides is 1. The summed E-state index contributed by atoms with van der Waals surface area (Å²) in [6.07, 6.45) is 5.25. The van der Waals surface area contributed by atoms with Crippen LogP contribution >= 0.6 is 0 Å². The molecular weight excluding hydrogens is 472 g/mol. The Labute approximate surface area is 214 Å². The largest absolute Gasteiger partial charge is 0.459 e. The molecule has 2 fully saturated rings. The van der Waals surface area contributed by atoms with Crippen LogP contribution in [-0.2, 0) is 9.47 Å². The molecule has 1 amide bonds. The van der Waals surface area contributed by atoms with Crippen LogP contribution in [0.1, 0.15) is 33.6 Å². The maximum Gasteiger partial charge on any atom is 0.340 e. The molecular formula is C27H26N6O4. The summed E-state index contributed by atoms with van der Waals surface area (Å²) in [4.78, 5) is 37.2. The third kappa shape index (κ3) is 5.68. The molecule has 10 nitrogen and oxygen atoms in total. The van der Waals surface area contributed by atoms with Crippen LogP contribution in [0.25, 0.3) is 11.3 Å². The summed E-state index contributed by atoms with van der Waals surface area (Å²) in [5.74, 6) is -0.350. The van der Waals surface area contributed by atoms with E-state index in [4.69, 9.17) is 14.7 Å². The number of nitrogens with zero attached hydrogens (tertiary/aromatic N) is 5. The van der Waals surface area contributed by atoms with Gasteiger partial charge < -0.3 is 19.7 Å². The predicted octanol–water partition coefficient (Wildman–Crippen LogP) is 3.60. The number of esters is 1. The molecule has 2 aromatic carbocycles. The van der Waals surface area contributed by atoms with E-state index in [-0.39, 0.29) is 18.0 Å². The van der Waals surface area contributed by atoms with Gasteiger partial charge in [-0.2, -0.15) is 5.26 Å². The summed E-state index contributed by atoms with van der Waals surface area (Å²) >= 11 is 0. The lowest BCUT2D eigenvalue weighted by Gasteiger charge is -2.30. The maximum absolute atomic E-state index is 13.0. The summed E-state index contributed by atoms with van der Waals surface area (Å²) in [6.45, 7) is 2.64. The molecule has 3 aromatic rings. The molecule has 5 rings (SSSR count). The van der Waals surface area contributed by atoms with Gasteiger partial charge in [-0.25, -0.2) is 19.7 Å². The summed E-state index contributed by atoms with van der Waals surface area (Å²) in [7, 11) is 1.42. The standard InChI is InChI=1S/C27H26N6O4/c1-32(17-28)25(34)19-4-2-18(3-5-19)23-10-11-29-27(31-23)30-20-6-9-24(33-12-14-36-15-13-33)22(16-20)26(35)37-21-7-8-21/h2-6,9-11,16,21H,7-8,12-15H2,1H3,(H,29,30,31). The van der Waals surface area contributed by atoms with Crippen LogP contribution in [0.3, 0.4) is 0 Å². The summed E-state index contributed by atoms with van der Waals surface area (Å²) in [5, 5.41) is 12.1. The molecule has 0 bridgehead atoms. The van der Waals surface area contributed by atoms with Crippen molar-refractivity contribution in [2.45, 2.75) is 18.9 Å². The number of benzene rings is 2. The summed E-state index contributed by atoms with van der Waals surface area (Å²) < 4.78 is 11.1. The molecule has 10 heteroatoms. The first-order valence-corrected chi connectivity index (χ1v) is 12.1.